The van der Waals surface area contributed by atoms with Gasteiger partial charge in [-0.1, -0.05) is 11.3 Å². The van der Waals surface area contributed by atoms with Crippen LogP contribution in [-0.2, 0) is 24.1 Å². The van der Waals surface area contributed by atoms with Crippen LogP contribution in [0.3, 0.4) is 0 Å². The summed E-state index contributed by atoms with van der Waals surface area (Å²) in [5.74, 6) is 0.424. The molecule has 3 heterocycles. The van der Waals surface area contributed by atoms with E-state index in [1.807, 2.05) is 6.92 Å². The SMILES string of the molecule is Cc1nnc(CC(=O)CC2CCC(F)(CCN3CCc4nc(OCC(F)F)sc4CC3)CC2)s1. The van der Waals surface area contributed by atoms with Gasteiger partial charge in [0.25, 0.3) is 11.6 Å². The van der Waals surface area contributed by atoms with Crippen molar-refractivity contribution in [1.82, 2.24) is 20.1 Å². The van der Waals surface area contributed by atoms with Gasteiger partial charge in [-0.05, 0) is 51.4 Å². The number of thiazole rings is 1. The Morgan fingerprint density at radius 1 is 1.21 bits per heavy atom. The number of rotatable bonds is 10. The molecular weight excluding hydrogens is 485 g/mol. The third kappa shape index (κ3) is 7.21. The molecule has 11 heteroatoms. The topological polar surface area (TPSA) is 68.2 Å². The predicted molar refractivity (Wildman–Crippen MR) is 126 cm³/mol. The number of fused-ring (bicyclic) bond motifs is 1. The largest absolute Gasteiger partial charge is 0.464 e. The third-order valence-corrected chi connectivity index (χ3v) is 8.63. The number of carbonyl (C=O) groups is 1. The summed E-state index contributed by atoms with van der Waals surface area (Å²) in [6, 6.07) is 0. The van der Waals surface area contributed by atoms with Gasteiger partial charge in [-0.3, -0.25) is 4.79 Å². The lowest BCUT2D eigenvalue weighted by atomic mass is 9.76. The monoisotopic (exact) mass is 516 g/mol. The number of ether oxygens (including phenoxy) is 1. The summed E-state index contributed by atoms with van der Waals surface area (Å²) >= 11 is 2.80. The lowest BCUT2D eigenvalue weighted by molar-refractivity contribution is -0.119. The molecule has 0 spiro atoms. The van der Waals surface area contributed by atoms with Crippen LogP contribution in [0, 0.1) is 12.8 Å². The molecule has 0 bridgehead atoms. The number of alkyl halides is 3. The maximum absolute atomic E-state index is 15.5. The van der Waals surface area contributed by atoms with E-state index in [0.717, 1.165) is 59.4 Å². The molecule has 2 aliphatic rings. The van der Waals surface area contributed by atoms with Gasteiger partial charge in [-0.2, -0.15) is 0 Å². The van der Waals surface area contributed by atoms with Gasteiger partial charge in [0.2, 0.25) is 0 Å². The van der Waals surface area contributed by atoms with E-state index in [1.165, 1.54) is 22.7 Å². The fourth-order valence-electron chi connectivity index (χ4n) is 4.78. The third-order valence-electron chi connectivity index (χ3n) is 6.72. The predicted octanol–water partition coefficient (Wildman–Crippen LogP) is 4.84. The summed E-state index contributed by atoms with van der Waals surface area (Å²) in [6.07, 6.45) is 2.85. The van der Waals surface area contributed by atoms with Crippen molar-refractivity contribution in [1.29, 1.82) is 0 Å². The van der Waals surface area contributed by atoms with Gasteiger partial charge in [0.15, 0.2) is 6.61 Å². The van der Waals surface area contributed by atoms with Crippen LogP contribution in [0.5, 0.6) is 5.19 Å². The standard InChI is InChI=1S/C23H31F3N4O2S2/c1-15-28-29-21(33-15)13-17(31)12-16-2-6-23(26,7-3-16)8-11-30-9-4-18-19(5-10-30)34-22(27-18)32-14-20(24)25/h16,20H,2-14H2,1H3. The lowest BCUT2D eigenvalue weighted by Gasteiger charge is -2.35. The van der Waals surface area contributed by atoms with E-state index in [-0.39, 0.29) is 11.7 Å². The molecule has 0 unspecified atom stereocenters. The molecule has 188 valence electrons. The second kappa shape index (κ2) is 11.4. The van der Waals surface area contributed by atoms with Gasteiger partial charge in [0, 0.05) is 37.4 Å². The second-order valence-corrected chi connectivity index (χ2v) is 11.7. The van der Waals surface area contributed by atoms with Gasteiger partial charge in [0.1, 0.15) is 21.5 Å². The highest BCUT2D eigenvalue weighted by Gasteiger charge is 2.36. The van der Waals surface area contributed by atoms with Gasteiger partial charge in [-0.25, -0.2) is 18.2 Å². The minimum Gasteiger partial charge on any atom is -0.464 e. The maximum atomic E-state index is 15.5. The molecule has 6 nitrogen and oxygen atoms in total. The number of aromatic nitrogens is 3. The molecule has 0 atom stereocenters. The molecule has 4 rings (SSSR count). The highest BCUT2D eigenvalue weighted by molar-refractivity contribution is 7.13. The van der Waals surface area contributed by atoms with E-state index in [2.05, 4.69) is 20.1 Å². The molecule has 0 aromatic carbocycles. The summed E-state index contributed by atoms with van der Waals surface area (Å²) in [6.45, 7) is 3.53. The van der Waals surface area contributed by atoms with Crippen molar-refractivity contribution in [2.75, 3.05) is 26.2 Å². The zero-order valence-corrected chi connectivity index (χ0v) is 21.0. The zero-order valence-electron chi connectivity index (χ0n) is 19.4. The Kier molecular flexibility index (Phi) is 8.57. The van der Waals surface area contributed by atoms with E-state index >= 15 is 4.39 Å². The molecule has 0 N–H and O–H groups in total. The van der Waals surface area contributed by atoms with E-state index in [1.54, 1.807) is 0 Å². The minimum atomic E-state index is -2.51. The molecule has 1 aliphatic heterocycles. The Morgan fingerprint density at radius 3 is 2.68 bits per heavy atom. The number of carbonyl (C=O) groups excluding carboxylic acids is 1. The maximum Gasteiger partial charge on any atom is 0.273 e. The van der Waals surface area contributed by atoms with Crippen molar-refractivity contribution in [3.8, 4) is 5.19 Å². The van der Waals surface area contributed by atoms with Crippen molar-refractivity contribution in [3.63, 3.8) is 0 Å². The first-order valence-corrected chi connectivity index (χ1v) is 13.5. The van der Waals surface area contributed by atoms with Crippen LogP contribution < -0.4 is 4.74 Å². The smallest absolute Gasteiger partial charge is 0.273 e. The molecule has 34 heavy (non-hydrogen) atoms. The van der Waals surface area contributed by atoms with E-state index in [0.29, 0.717) is 43.8 Å². The Balaban J connectivity index is 1.17. The van der Waals surface area contributed by atoms with Gasteiger partial charge >= 0.3 is 0 Å². The number of hydrogen-bond acceptors (Lipinski definition) is 8. The van der Waals surface area contributed by atoms with E-state index in [4.69, 9.17) is 4.74 Å². The summed E-state index contributed by atoms with van der Waals surface area (Å²) in [5.41, 5.74) is -0.248. The van der Waals surface area contributed by atoms with Crippen LogP contribution in [0.25, 0.3) is 0 Å². The lowest BCUT2D eigenvalue weighted by Crippen LogP contribution is -2.36. The number of halogens is 3. The number of ketones is 1. The average molecular weight is 517 g/mol. The Labute approximate surface area is 205 Å². The molecule has 1 fully saturated rings. The molecular formula is C23H31F3N4O2S2. The Morgan fingerprint density at radius 2 is 1.97 bits per heavy atom. The van der Waals surface area contributed by atoms with Crippen molar-refractivity contribution in [3.05, 3.63) is 20.6 Å². The van der Waals surface area contributed by atoms with Crippen LogP contribution in [-0.4, -0.2) is 64.2 Å². The molecule has 2 aromatic rings. The highest BCUT2D eigenvalue weighted by atomic mass is 32.1. The Hall–Kier alpha value is -1.59. The number of nitrogens with zero attached hydrogens (tertiary/aromatic N) is 4. The van der Waals surface area contributed by atoms with Gasteiger partial charge in [-0.15, -0.1) is 21.5 Å². The number of aryl methyl sites for hydroxylation is 1. The summed E-state index contributed by atoms with van der Waals surface area (Å²) in [7, 11) is 0. The Bertz CT molecular complexity index is 934. The van der Waals surface area contributed by atoms with Crippen LogP contribution in [0.1, 0.15) is 59.1 Å². The molecule has 2 aromatic heterocycles. The first-order valence-electron chi connectivity index (χ1n) is 11.9. The quantitative estimate of drug-likeness (QED) is 0.450. The summed E-state index contributed by atoms with van der Waals surface area (Å²) in [5, 5.41) is 9.92. The van der Waals surface area contributed by atoms with Crippen LogP contribution in [0.15, 0.2) is 0 Å². The average Bonchev–Trinajstić information content (AvgIpc) is 3.33. The van der Waals surface area contributed by atoms with Crippen molar-refractivity contribution in [2.45, 2.75) is 76.8 Å². The molecule has 0 amide bonds. The second-order valence-electron chi connectivity index (χ2n) is 9.37. The fourth-order valence-corrected chi connectivity index (χ4v) is 6.47. The summed E-state index contributed by atoms with van der Waals surface area (Å²) in [4.78, 5) is 20.1. The van der Waals surface area contributed by atoms with Crippen LogP contribution >= 0.6 is 22.7 Å². The molecule has 1 aliphatic carbocycles. The van der Waals surface area contributed by atoms with Crippen molar-refractivity contribution >= 4 is 28.5 Å². The fraction of sp³-hybridized carbons (Fsp3) is 0.739. The van der Waals surface area contributed by atoms with Crippen LogP contribution in [0.2, 0.25) is 0 Å². The van der Waals surface area contributed by atoms with Crippen molar-refractivity contribution in [2.24, 2.45) is 5.92 Å². The zero-order chi connectivity index (χ0) is 24.1. The van der Waals surface area contributed by atoms with Gasteiger partial charge < -0.3 is 9.64 Å². The van der Waals surface area contributed by atoms with Crippen LogP contribution in [0.4, 0.5) is 13.2 Å². The minimum absolute atomic E-state index is 0.168. The molecule has 1 saturated carbocycles. The number of hydrogen-bond donors (Lipinski definition) is 0. The van der Waals surface area contributed by atoms with E-state index in [9.17, 15) is 13.6 Å². The number of Topliss-reactive ketones (excluding diaryl/α,β-unsaturated/α-hetero) is 1. The molecule has 0 saturated heterocycles. The van der Waals surface area contributed by atoms with E-state index < -0.39 is 18.7 Å². The first-order chi connectivity index (χ1) is 16.3. The van der Waals surface area contributed by atoms with Gasteiger partial charge in [0.05, 0.1) is 12.1 Å². The first kappa shape index (κ1) is 25.5. The normalized spacial score (nSPS) is 23.6. The van der Waals surface area contributed by atoms with Crippen molar-refractivity contribution < 1.29 is 22.7 Å². The molecule has 0 radical (unpaired) electrons. The summed E-state index contributed by atoms with van der Waals surface area (Å²) < 4.78 is 45.2. The highest BCUT2D eigenvalue weighted by Crippen LogP contribution is 2.39.